The number of alkyl halides is 2. The summed E-state index contributed by atoms with van der Waals surface area (Å²) in [5.41, 5.74) is 0. The van der Waals surface area contributed by atoms with Gasteiger partial charge in [-0.3, -0.25) is 0 Å². The number of hydrogen-bond acceptors (Lipinski definition) is 0. The molecule has 0 aromatic rings. The molecule has 0 aliphatic carbocycles. The van der Waals surface area contributed by atoms with Crippen LogP contribution in [0.25, 0.3) is 0 Å². The molecule has 0 amide bonds. The van der Waals surface area contributed by atoms with Gasteiger partial charge >= 0.3 is 0 Å². The van der Waals surface area contributed by atoms with E-state index < -0.39 is 0 Å². The molecule has 10 heavy (non-hydrogen) atoms. The molecule has 0 heterocycles. The van der Waals surface area contributed by atoms with Crippen LogP contribution in [-0.4, -0.2) is 10.8 Å². The molecular formula is C8H16Cl2. The lowest BCUT2D eigenvalue weighted by molar-refractivity contribution is 0.506. The maximum atomic E-state index is 6.04. The third kappa shape index (κ3) is 3.68. The average Bonchev–Trinajstić information content (AvgIpc) is 1.87. The Balaban J connectivity index is 3.58. The molecule has 0 rings (SSSR count). The quantitative estimate of drug-likeness (QED) is 0.583. The summed E-state index contributed by atoms with van der Waals surface area (Å²) >= 11 is 11.9. The van der Waals surface area contributed by atoms with Crippen molar-refractivity contribution >= 4 is 23.2 Å². The summed E-state index contributed by atoms with van der Waals surface area (Å²) in [4.78, 5) is 0. The van der Waals surface area contributed by atoms with Crippen molar-refractivity contribution in [2.24, 2.45) is 5.92 Å². The van der Waals surface area contributed by atoms with Crippen LogP contribution in [0.5, 0.6) is 0 Å². The monoisotopic (exact) mass is 182 g/mol. The largest absolute Gasteiger partial charge is 0.123 e. The summed E-state index contributed by atoms with van der Waals surface area (Å²) in [5, 5.41) is 0.437. The molecule has 62 valence electrons. The first-order valence-electron chi connectivity index (χ1n) is 3.87. The van der Waals surface area contributed by atoms with Crippen molar-refractivity contribution < 1.29 is 0 Å². The van der Waals surface area contributed by atoms with Crippen LogP contribution in [0.1, 0.15) is 33.6 Å². The van der Waals surface area contributed by atoms with Gasteiger partial charge in [-0.15, -0.1) is 23.2 Å². The van der Waals surface area contributed by atoms with E-state index in [9.17, 15) is 0 Å². The lowest BCUT2D eigenvalue weighted by atomic mass is 10.0. The van der Waals surface area contributed by atoms with Crippen molar-refractivity contribution in [1.82, 2.24) is 0 Å². The lowest BCUT2D eigenvalue weighted by Gasteiger charge is -2.18. The van der Waals surface area contributed by atoms with Gasteiger partial charge in [-0.25, -0.2) is 0 Å². The van der Waals surface area contributed by atoms with E-state index in [1.807, 2.05) is 6.92 Å². The highest BCUT2D eigenvalue weighted by molar-refractivity contribution is 6.23. The Morgan fingerprint density at radius 3 is 2.00 bits per heavy atom. The van der Waals surface area contributed by atoms with E-state index in [1.165, 1.54) is 0 Å². The van der Waals surface area contributed by atoms with Crippen LogP contribution < -0.4 is 0 Å². The zero-order valence-electron chi connectivity index (χ0n) is 6.90. The smallest absolute Gasteiger partial charge is 0.0375 e. The first kappa shape index (κ1) is 10.6. The maximum Gasteiger partial charge on any atom is 0.0375 e. The molecule has 0 aromatic heterocycles. The molecule has 0 saturated carbocycles. The molecular weight excluding hydrogens is 167 g/mol. The SMILES string of the molecule is CCCC(Cl)C(C)[C@@H](C)Cl. The molecule has 0 radical (unpaired) electrons. The topological polar surface area (TPSA) is 0 Å². The summed E-state index contributed by atoms with van der Waals surface area (Å²) in [5.74, 6) is 0.420. The molecule has 0 bridgehead atoms. The summed E-state index contributed by atoms with van der Waals surface area (Å²) in [6.07, 6.45) is 2.21. The molecule has 2 heteroatoms. The zero-order valence-corrected chi connectivity index (χ0v) is 8.41. The van der Waals surface area contributed by atoms with Gasteiger partial charge in [0.15, 0.2) is 0 Å². The molecule has 0 nitrogen and oxygen atoms in total. The van der Waals surface area contributed by atoms with Gasteiger partial charge in [0.2, 0.25) is 0 Å². The van der Waals surface area contributed by atoms with E-state index in [0.29, 0.717) is 5.92 Å². The van der Waals surface area contributed by atoms with Gasteiger partial charge in [-0.05, 0) is 19.3 Å². The van der Waals surface area contributed by atoms with Gasteiger partial charge in [0.25, 0.3) is 0 Å². The number of halogens is 2. The predicted molar refractivity (Wildman–Crippen MR) is 49.0 cm³/mol. The Bertz CT molecular complexity index is 81.3. The van der Waals surface area contributed by atoms with Gasteiger partial charge < -0.3 is 0 Å². The van der Waals surface area contributed by atoms with Crippen molar-refractivity contribution in [3.05, 3.63) is 0 Å². The molecule has 0 spiro atoms. The van der Waals surface area contributed by atoms with Crippen LogP contribution in [0.3, 0.4) is 0 Å². The molecule has 0 fully saturated rings. The minimum absolute atomic E-state index is 0.189. The van der Waals surface area contributed by atoms with E-state index in [1.54, 1.807) is 0 Å². The lowest BCUT2D eigenvalue weighted by Crippen LogP contribution is -2.19. The Hall–Kier alpha value is 0.580. The third-order valence-electron chi connectivity index (χ3n) is 1.86. The first-order chi connectivity index (χ1) is 4.59. The van der Waals surface area contributed by atoms with Crippen molar-refractivity contribution in [2.75, 3.05) is 0 Å². The fourth-order valence-electron chi connectivity index (χ4n) is 0.826. The molecule has 0 N–H and O–H groups in total. The number of hydrogen-bond donors (Lipinski definition) is 0. The normalized spacial score (nSPS) is 20.1. The molecule has 0 aliphatic rings. The minimum Gasteiger partial charge on any atom is -0.123 e. The third-order valence-corrected chi connectivity index (χ3v) is 2.87. The van der Waals surface area contributed by atoms with Crippen molar-refractivity contribution in [3.63, 3.8) is 0 Å². The highest BCUT2D eigenvalue weighted by Crippen LogP contribution is 2.22. The second kappa shape index (κ2) is 5.26. The Morgan fingerprint density at radius 1 is 1.20 bits per heavy atom. The minimum atomic E-state index is 0.189. The average molecular weight is 183 g/mol. The van der Waals surface area contributed by atoms with E-state index in [0.717, 1.165) is 12.8 Å². The Morgan fingerprint density at radius 2 is 1.70 bits per heavy atom. The maximum absolute atomic E-state index is 6.04. The van der Waals surface area contributed by atoms with Crippen LogP contribution in [0, 0.1) is 5.92 Å². The molecule has 0 aromatic carbocycles. The summed E-state index contributed by atoms with van der Waals surface area (Å²) < 4.78 is 0. The molecule has 3 atom stereocenters. The van der Waals surface area contributed by atoms with Gasteiger partial charge in [0.1, 0.15) is 0 Å². The van der Waals surface area contributed by atoms with Crippen LogP contribution in [0.15, 0.2) is 0 Å². The summed E-state index contributed by atoms with van der Waals surface area (Å²) in [6, 6.07) is 0. The first-order valence-corrected chi connectivity index (χ1v) is 4.75. The van der Waals surface area contributed by atoms with Crippen LogP contribution in [0.2, 0.25) is 0 Å². The molecule has 0 saturated heterocycles. The fourth-order valence-corrected chi connectivity index (χ4v) is 1.51. The van der Waals surface area contributed by atoms with Crippen molar-refractivity contribution in [1.29, 1.82) is 0 Å². The van der Waals surface area contributed by atoms with Gasteiger partial charge in [0, 0.05) is 10.8 Å². The summed E-state index contributed by atoms with van der Waals surface area (Å²) in [6.45, 7) is 6.24. The van der Waals surface area contributed by atoms with Crippen LogP contribution >= 0.6 is 23.2 Å². The standard InChI is InChI=1S/C8H16Cl2/c1-4-5-8(10)6(2)7(3)9/h6-8H,4-5H2,1-3H3/t6?,7-,8?/m1/s1. The fraction of sp³-hybridized carbons (Fsp3) is 1.00. The van der Waals surface area contributed by atoms with Crippen molar-refractivity contribution in [3.8, 4) is 0 Å². The van der Waals surface area contributed by atoms with Gasteiger partial charge in [0.05, 0.1) is 0 Å². The second-order valence-electron chi connectivity index (χ2n) is 2.84. The predicted octanol–water partition coefficient (Wildman–Crippen LogP) is 3.66. The zero-order chi connectivity index (χ0) is 8.15. The van der Waals surface area contributed by atoms with Crippen LogP contribution in [-0.2, 0) is 0 Å². The van der Waals surface area contributed by atoms with E-state index in [-0.39, 0.29) is 10.8 Å². The Labute approximate surface area is 73.9 Å². The Kier molecular flexibility index (Phi) is 5.56. The summed E-state index contributed by atoms with van der Waals surface area (Å²) in [7, 11) is 0. The van der Waals surface area contributed by atoms with Crippen molar-refractivity contribution in [2.45, 2.75) is 44.4 Å². The van der Waals surface area contributed by atoms with E-state index in [4.69, 9.17) is 23.2 Å². The second-order valence-corrected chi connectivity index (χ2v) is 4.09. The van der Waals surface area contributed by atoms with Gasteiger partial charge in [-0.2, -0.15) is 0 Å². The molecule has 0 aliphatic heterocycles. The molecule has 2 unspecified atom stereocenters. The highest BCUT2D eigenvalue weighted by Gasteiger charge is 2.17. The van der Waals surface area contributed by atoms with E-state index >= 15 is 0 Å². The highest BCUT2D eigenvalue weighted by atomic mass is 35.5. The van der Waals surface area contributed by atoms with Gasteiger partial charge in [-0.1, -0.05) is 20.3 Å². The van der Waals surface area contributed by atoms with E-state index in [2.05, 4.69) is 13.8 Å². The van der Waals surface area contributed by atoms with Crippen LogP contribution in [0.4, 0.5) is 0 Å². The number of rotatable bonds is 4.